The second-order valence-electron chi connectivity index (χ2n) is 19.4. The first-order chi connectivity index (χ1) is 22.6. The maximum absolute atomic E-state index is 12.4. The van der Waals surface area contributed by atoms with Gasteiger partial charge in [0.2, 0.25) is 0 Å². The van der Waals surface area contributed by atoms with Gasteiger partial charge in [-0.1, -0.05) is 65.5 Å². The van der Waals surface area contributed by atoms with Crippen molar-refractivity contribution in [2.24, 2.45) is 45.3 Å². The average molecular weight is 685 g/mol. The highest BCUT2D eigenvalue weighted by Crippen LogP contribution is 2.64. The Morgan fingerprint density at radius 3 is 1.35 bits per heavy atom. The van der Waals surface area contributed by atoms with Crippen LogP contribution in [0.5, 0.6) is 0 Å². The summed E-state index contributed by atoms with van der Waals surface area (Å²) < 4.78 is 10.7. The quantitative estimate of drug-likeness (QED) is 0.121. The lowest BCUT2D eigenvalue weighted by atomic mass is 9.45. The third kappa shape index (κ3) is 9.05. The molecule has 0 spiro atoms. The van der Waals surface area contributed by atoms with E-state index in [1.807, 2.05) is 26.0 Å². The molecule has 0 aromatic heterocycles. The molecule has 0 aromatic rings. The van der Waals surface area contributed by atoms with Gasteiger partial charge in [-0.2, -0.15) is 0 Å². The summed E-state index contributed by atoms with van der Waals surface area (Å²) in [6.45, 7) is 22.9. The van der Waals surface area contributed by atoms with Crippen LogP contribution < -0.4 is 0 Å². The van der Waals surface area contributed by atoms with E-state index in [0.717, 1.165) is 62.5 Å². The fraction of sp³-hybridized carbons (Fsp3) is 0.860. The minimum atomic E-state index is -0.663. The SMILES string of the molecule is CC(=CCOC(=O)CC(=O)OCC=C(C)CCC1C(C)(O)CCC2C(C)(C)CCCC21C)CCC1C(C)(O)CCC2C(C)(C)CCCC21C. The maximum Gasteiger partial charge on any atom is 0.317 e. The molecular weight excluding hydrogens is 612 g/mol. The number of carbonyl (C=O) groups is 2. The topological polar surface area (TPSA) is 93.1 Å². The maximum atomic E-state index is 12.4. The predicted molar refractivity (Wildman–Crippen MR) is 198 cm³/mol. The molecule has 2 N–H and O–H groups in total. The monoisotopic (exact) mass is 685 g/mol. The van der Waals surface area contributed by atoms with Crippen LogP contribution in [-0.2, 0) is 19.1 Å². The van der Waals surface area contributed by atoms with Gasteiger partial charge in [0.1, 0.15) is 19.6 Å². The minimum absolute atomic E-state index is 0.132. The Morgan fingerprint density at radius 1 is 0.612 bits per heavy atom. The molecule has 4 fully saturated rings. The molecule has 0 aliphatic heterocycles. The Balaban J connectivity index is 1.18. The van der Waals surface area contributed by atoms with Crippen molar-refractivity contribution in [3.8, 4) is 0 Å². The van der Waals surface area contributed by atoms with Crippen molar-refractivity contribution in [3.05, 3.63) is 23.3 Å². The van der Waals surface area contributed by atoms with E-state index in [-0.39, 0.29) is 35.9 Å². The van der Waals surface area contributed by atoms with Crippen molar-refractivity contribution in [1.82, 2.24) is 0 Å². The number of hydrogen-bond donors (Lipinski definition) is 2. The summed E-state index contributed by atoms with van der Waals surface area (Å²) in [5, 5.41) is 22.9. The van der Waals surface area contributed by atoms with Crippen LogP contribution in [0.15, 0.2) is 23.3 Å². The molecular formula is C43H72O6. The Bertz CT molecular complexity index is 1140. The van der Waals surface area contributed by atoms with Crippen LogP contribution in [0, 0.1) is 45.3 Å². The zero-order valence-electron chi connectivity index (χ0n) is 33.0. The normalized spacial score (nSPS) is 39.0. The van der Waals surface area contributed by atoms with Crippen LogP contribution in [0.1, 0.15) is 166 Å². The van der Waals surface area contributed by atoms with Crippen LogP contribution in [0.25, 0.3) is 0 Å². The van der Waals surface area contributed by atoms with E-state index >= 15 is 0 Å². The summed E-state index contributed by atoms with van der Waals surface area (Å²) >= 11 is 0. The number of carbonyl (C=O) groups excluding carboxylic acids is 2. The third-order valence-electron chi connectivity index (χ3n) is 14.8. The van der Waals surface area contributed by atoms with Gasteiger partial charge in [0.05, 0.1) is 11.2 Å². The summed E-state index contributed by atoms with van der Waals surface area (Å²) in [5.74, 6) is 0.564. The van der Waals surface area contributed by atoms with E-state index in [0.29, 0.717) is 22.7 Å². The van der Waals surface area contributed by atoms with Crippen LogP contribution in [0.4, 0.5) is 0 Å². The van der Waals surface area contributed by atoms with Crippen LogP contribution in [-0.4, -0.2) is 46.6 Å². The molecule has 4 rings (SSSR count). The van der Waals surface area contributed by atoms with Gasteiger partial charge in [0.25, 0.3) is 0 Å². The summed E-state index contributed by atoms with van der Waals surface area (Å²) in [4.78, 5) is 24.8. The number of ether oxygens (including phenoxy) is 2. The first kappa shape index (κ1) is 40.1. The Kier molecular flexibility index (Phi) is 12.4. The van der Waals surface area contributed by atoms with Crippen molar-refractivity contribution in [2.75, 3.05) is 13.2 Å². The average Bonchev–Trinajstić information content (AvgIpc) is 2.94. The van der Waals surface area contributed by atoms with Crippen molar-refractivity contribution in [3.63, 3.8) is 0 Å². The van der Waals surface area contributed by atoms with Gasteiger partial charge in [0.15, 0.2) is 0 Å². The molecule has 8 unspecified atom stereocenters. The first-order valence-electron chi connectivity index (χ1n) is 19.7. The lowest BCUT2D eigenvalue weighted by Gasteiger charge is -2.61. The molecule has 0 aromatic carbocycles. The van der Waals surface area contributed by atoms with Gasteiger partial charge in [-0.05, 0) is 162 Å². The largest absolute Gasteiger partial charge is 0.461 e. The zero-order valence-corrected chi connectivity index (χ0v) is 33.0. The standard InChI is InChI=1S/C43H72O6/c1-30(13-15-34-40(7)23-11-21-38(3,4)32(40)17-25-42(34,9)46)19-27-48-36(44)29-37(45)49-28-20-31(2)14-16-35-41(8)24-12-22-39(5,6)33(41)18-26-43(35,10)47/h19-20,32-35,46-47H,11-18,21-29H2,1-10H3. The molecule has 4 aliphatic carbocycles. The predicted octanol–water partition coefficient (Wildman–Crippen LogP) is 9.90. The van der Waals surface area contributed by atoms with Gasteiger partial charge in [-0.15, -0.1) is 0 Å². The van der Waals surface area contributed by atoms with Crippen molar-refractivity contribution >= 4 is 11.9 Å². The Hall–Kier alpha value is -1.66. The van der Waals surface area contributed by atoms with E-state index in [9.17, 15) is 19.8 Å². The van der Waals surface area contributed by atoms with Crippen molar-refractivity contribution in [2.45, 2.75) is 177 Å². The summed E-state index contributed by atoms with van der Waals surface area (Å²) in [7, 11) is 0. The highest BCUT2D eigenvalue weighted by molar-refractivity contribution is 5.91. The fourth-order valence-corrected chi connectivity index (χ4v) is 12.3. The molecule has 8 atom stereocenters. The summed E-state index contributed by atoms with van der Waals surface area (Å²) in [5.41, 5.74) is 1.84. The number of hydrogen-bond acceptors (Lipinski definition) is 6. The van der Waals surface area contributed by atoms with E-state index < -0.39 is 29.6 Å². The summed E-state index contributed by atoms with van der Waals surface area (Å²) in [6, 6.07) is 0. The number of aliphatic hydroxyl groups is 2. The van der Waals surface area contributed by atoms with Crippen LogP contribution in [0.3, 0.4) is 0 Å². The van der Waals surface area contributed by atoms with Gasteiger partial charge in [-0.3, -0.25) is 9.59 Å². The fourth-order valence-electron chi connectivity index (χ4n) is 12.3. The van der Waals surface area contributed by atoms with E-state index in [2.05, 4.69) is 55.4 Å². The Labute approximate surface area is 299 Å². The molecule has 0 radical (unpaired) electrons. The van der Waals surface area contributed by atoms with E-state index in [1.54, 1.807) is 0 Å². The number of esters is 2. The van der Waals surface area contributed by atoms with Gasteiger partial charge in [0, 0.05) is 0 Å². The van der Waals surface area contributed by atoms with Gasteiger partial charge < -0.3 is 19.7 Å². The second-order valence-corrected chi connectivity index (χ2v) is 19.4. The van der Waals surface area contributed by atoms with E-state index in [1.165, 1.54) is 38.5 Å². The molecule has 0 amide bonds. The lowest BCUT2D eigenvalue weighted by molar-refractivity contribution is -0.169. The third-order valence-corrected chi connectivity index (χ3v) is 14.8. The van der Waals surface area contributed by atoms with Gasteiger partial charge in [-0.25, -0.2) is 0 Å². The van der Waals surface area contributed by atoms with Crippen molar-refractivity contribution < 1.29 is 29.3 Å². The number of allylic oxidation sites excluding steroid dienone is 2. The number of fused-ring (bicyclic) bond motifs is 2. The first-order valence-corrected chi connectivity index (χ1v) is 19.7. The highest BCUT2D eigenvalue weighted by atomic mass is 16.6. The minimum Gasteiger partial charge on any atom is -0.461 e. The highest BCUT2D eigenvalue weighted by Gasteiger charge is 2.58. The van der Waals surface area contributed by atoms with Crippen LogP contribution >= 0.6 is 0 Å². The van der Waals surface area contributed by atoms with E-state index in [4.69, 9.17) is 9.47 Å². The smallest absolute Gasteiger partial charge is 0.317 e. The molecule has 0 bridgehead atoms. The second kappa shape index (κ2) is 15.1. The lowest BCUT2D eigenvalue weighted by Crippen LogP contribution is -2.57. The molecule has 6 nitrogen and oxygen atoms in total. The summed E-state index contributed by atoms with van der Waals surface area (Å²) in [6.07, 6.45) is 18.2. The molecule has 49 heavy (non-hydrogen) atoms. The van der Waals surface area contributed by atoms with Crippen molar-refractivity contribution in [1.29, 1.82) is 0 Å². The zero-order chi connectivity index (χ0) is 36.5. The van der Waals surface area contributed by atoms with Gasteiger partial charge >= 0.3 is 11.9 Å². The molecule has 0 heterocycles. The molecule has 280 valence electrons. The number of rotatable bonds is 12. The molecule has 0 saturated heterocycles. The molecule has 4 aliphatic rings. The van der Waals surface area contributed by atoms with Crippen LogP contribution in [0.2, 0.25) is 0 Å². The molecule has 6 heteroatoms. The molecule has 4 saturated carbocycles. The Morgan fingerprint density at radius 2 is 0.980 bits per heavy atom.